The molecule has 5 aromatic rings. The normalized spacial score (nSPS) is 11.5. The molecule has 0 spiro atoms. The van der Waals surface area contributed by atoms with Crippen molar-refractivity contribution in [2.75, 3.05) is 0 Å². The zero-order valence-electron chi connectivity index (χ0n) is 16.0. The molecule has 144 valence electrons. The molecule has 0 N–H and O–H groups in total. The molecule has 0 saturated heterocycles. The second-order valence-corrected chi connectivity index (χ2v) is 7.03. The largest absolute Gasteiger partial charge is 0.453 e. The Kier molecular flexibility index (Phi) is 3.77. The molecule has 0 radical (unpaired) electrons. The van der Waals surface area contributed by atoms with Gasteiger partial charge < -0.3 is 8.98 Å². The van der Waals surface area contributed by atoms with Crippen LogP contribution < -0.4 is 11.2 Å². The van der Waals surface area contributed by atoms with E-state index in [0.29, 0.717) is 29.3 Å². The highest BCUT2D eigenvalue weighted by Gasteiger charge is 2.22. The summed E-state index contributed by atoms with van der Waals surface area (Å²) in [5.41, 5.74) is 1.66. The van der Waals surface area contributed by atoms with Crippen LogP contribution in [-0.2, 0) is 20.6 Å². The predicted molar refractivity (Wildman–Crippen MR) is 111 cm³/mol. The van der Waals surface area contributed by atoms with Crippen LogP contribution in [0, 0.1) is 0 Å². The molecule has 5 rings (SSSR count). The fraction of sp³-hybridized carbons (Fsp3) is 0.136. The molecule has 0 saturated carbocycles. The number of hydrogen-bond acceptors (Lipinski definition) is 4. The third-order valence-electron chi connectivity index (χ3n) is 5.18. The quantitative estimate of drug-likeness (QED) is 0.478. The van der Waals surface area contributed by atoms with Crippen LogP contribution >= 0.6 is 0 Å². The first-order chi connectivity index (χ1) is 14.0. The highest BCUT2D eigenvalue weighted by molar-refractivity contribution is 5.84. The van der Waals surface area contributed by atoms with Crippen LogP contribution in [0.2, 0.25) is 0 Å². The first-order valence-electron chi connectivity index (χ1n) is 9.23. The maximum Gasteiger partial charge on any atom is 0.332 e. The van der Waals surface area contributed by atoms with E-state index in [1.807, 2.05) is 65.2 Å². The van der Waals surface area contributed by atoms with Gasteiger partial charge in [0, 0.05) is 19.5 Å². The van der Waals surface area contributed by atoms with Crippen molar-refractivity contribution in [2.24, 2.45) is 14.1 Å². The topological polar surface area (TPSA) is 75.0 Å². The van der Waals surface area contributed by atoms with Crippen molar-refractivity contribution < 1.29 is 4.42 Å². The Morgan fingerprint density at radius 3 is 2.41 bits per heavy atom. The molecule has 0 aliphatic heterocycles. The molecule has 0 amide bonds. The minimum Gasteiger partial charge on any atom is -0.453 e. The number of nitrogens with zero attached hydrogens (tertiary/aromatic N) is 4. The van der Waals surface area contributed by atoms with E-state index in [2.05, 4.69) is 4.98 Å². The van der Waals surface area contributed by atoms with Gasteiger partial charge in [-0.3, -0.25) is 13.9 Å². The molecule has 29 heavy (non-hydrogen) atoms. The van der Waals surface area contributed by atoms with Crippen molar-refractivity contribution in [3.05, 3.63) is 87.1 Å². The number of fused-ring (bicyclic) bond motifs is 2. The van der Waals surface area contributed by atoms with Gasteiger partial charge in [-0.05, 0) is 17.7 Å². The summed E-state index contributed by atoms with van der Waals surface area (Å²) in [4.78, 5) is 30.1. The Morgan fingerprint density at radius 1 is 0.931 bits per heavy atom. The van der Waals surface area contributed by atoms with E-state index < -0.39 is 5.69 Å². The minimum absolute atomic E-state index is 0.337. The monoisotopic (exact) mass is 386 g/mol. The molecule has 2 aromatic carbocycles. The lowest BCUT2D eigenvalue weighted by Gasteiger charge is -2.09. The SMILES string of the molecule is Cn1c(=O)c2c(nc(-c3cc4ccccc4o3)n2Cc2ccccc2)n(C)c1=O. The third kappa shape index (κ3) is 2.62. The molecule has 0 aliphatic rings. The Bertz CT molecular complexity index is 1450. The summed E-state index contributed by atoms with van der Waals surface area (Å²) < 4.78 is 10.3. The van der Waals surface area contributed by atoms with Crippen LogP contribution in [0.3, 0.4) is 0 Å². The molecular weight excluding hydrogens is 368 g/mol. The molecule has 0 unspecified atom stereocenters. The number of hydrogen-bond donors (Lipinski definition) is 0. The van der Waals surface area contributed by atoms with Crippen molar-refractivity contribution in [2.45, 2.75) is 6.54 Å². The zero-order valence-corrected chi connectivity index (χ0v) is 16.0. The van der Waals surface area contributed by atoms with Crippen LogP contribution in [-0.4, -0.2) is 18.7 Å². The molecule has 3 heterocycles. The molecule has 3 aromatic heterocycles. The maximum atomic E-state index is 13.0. The van der Waals surface area contributed by atoms with Crippen molar-refractivity contribution in [3.63, 3.8) is 0 Å². The number of furan rings is 1. The third-order valence-corrected chi connectivity index (χ3v) is 5.18. The summed E-state index contributed by atoms with van der Waals surface area (Å²) in [6, 6.07) is 19.4. The van der Waals surface area contributed by atoms with Gasteiger partial charge in [0.15, 0.2) is 22.7 Å². The first-order valence-corrected chi connectivity index (χ1v) is 9.23. The van der Waals surface area contributed by atoms with Crippen molar-refractivity contribution in [3.8, 4) is 11.6 Å². The lowest BCUT2D eigenvalue weighted by atomic mass is 10.2. The van der Waals surface area contributed by atoms with Crippen molar-refractivity contribution in [1.82, 2.24) is 18.7 Å². The first kappa shape index (κ1) is 17.2. The second-order valence-electron chi connectivity index (χ2n) is 7.03. The smallest absolute Gasteiger partial charge is 0.332 e. The standard InChI is InChI=1S/C22H18N4O3/c1-24-20-18(21(27)25(2)22(24)28)26(13-14-8-4-3-5-9-14)19(23-20)17-12-15-10-6-7-11-16(15)29-17/h3-12H,13H2,1-2H3. The Morgan fingerprint density at radius 2 is 1.66 bits per heavy atom. The van der Waals surface area contributed by atoms with Crippen LogP contribution in [0.4, 0.5) is 0 Å². The van der Waals surface area contributed by atoms with Gasteiger partial charge in [0.25, 0.3) is 5.56 Å². The highest BCUT2D eigenvalue weighted by Crippen LogP contribution is 2.29. The molecule has 0 atom stereocenters. The van der Waals surface area contributed by atoms with Crippen molar-refractivity contribution >= 4 is 22.1 Å². The number of aryl methyl sites for hydroxylation is 1. The summed E-state index contributed by atoms with van der Waals surface area (Å²) in [5, 5.41) is 0.947. The van der Waals surface area contributed by atoms with Gasteiger partial charge >= 0.3 is 5.69 Å². The number of imidazole rings is 1. The van der Waals surface area contributed by atoms with Crippen LogP contribution in [0.5, 0.6) is 0 Å². The van der Waals surface area contributed by atoms with E-state index >= 15 is 0 Å². The van der Waals surface area contributed by atoms with Crippen molar-refractivity contribution in [1.29, 1.82) is 0 Å². The number of para-hydroxylation sites is 1. The highest BCUT2D eigenvalue weighted by atomic mass is 16.3. The number of benzene rings is 2. The van der Waals surface area contributed by atoms with Gasteiger partial charge in [-0.25, -0.2) is 9.78 Å². The Balaban J connectivity index is 1.86. The number of rotatable bonds is 3. The zero-order chi connectivity index (χ0) is 20.1. The van der Waals surface area contributed by atoms with Gasteiger partial charge in [0.05, 0.1) is 6.54 Å². The summed E-state index contributed by atoms with van der Waals surface area (Å²) in [5.74, 6) is 1.06. The van der Waals surface area contributed by atoms with Gasteiger partial charge in [-0.1, -0.05) is 48.5 Å². The molecular formula is C22H18N4O3. The minimum atomic E-state index is -0.414. The van der Waals surface area contributed by atoms with E-state index in [9.17, 15) is 9.59 Å². The predicted octanol–water partition coefficient (Wildman–Crippen LogP) is 2.90. The average molecular weight is 386 g/mol. The van der Waals surface area contributed by atoms with E-state index in [1.54, 1.807) is 7.05 Å². The van der Waals surface area contributed by atoms with Gasteiger partial charge in [-0.2, -0.15) is 0 Å². The summed E-state index contributed by atoms with van der Waals surface area (Å²) in [6.07, 6.45) is 0. The van der Waals surface area contributed by atoms with Crippen LogP contribution in [0.15, 0.2) is 74.7 Å². The van der Waals surface area contributed by atoms with Gasteiger partial charge in [0.1, 0.15) is 5.58 Å². The van der Waals surface area contributed by atoms with E-state index in [0.717, 1.165) is 21.1 Å². The molecule has 0 bridgehead atoms. The summed E-state index contributed by atoms with van der Waals surface area (Å²) in [7, 11) is 3.09. The van der Waals surface area contributed by atoms with Gasteiger partial charge in [0.2, 0.25) is 0 Å². The summed E-state index contributed by atoms with van der Waals surface area (Å²) >= 11 is 0. The molecule has 0 fully saturated rings. The molecule has 0 aliphatic carbocycles. The Hall–Kier alpha value is -3.87. The lowest BCUT2D eigenvalue weighted by molar-refractivity contribution is 0.618. The van der Waals surface area contributed by atoms with Crippen LogP contribution in [0.25, 0.3) is 33.7 Å². The molecule has 7 nitrogen and oxygen atoms in total. The van der Waals surface area contributed by atoms with Crippen LogP contribution in [0.1, 0.15) is 5.56 Å². The Labute approximate surface area is 165 Å². The fourth-order valence-corrected chi connectivity index (χ4v) is 3.65. The van der Waals surface area contributed by atoms with E-state index in [1.165, 1.54) is 11.6 Å². The lowest BCUT2D eigenvalue weighted by Crippen LogP contribution is -2.37. The second kappa shape index (κ2) is 6.34. The maximum absolute atomic E-state index is 13.0. The summed E-state index contributed by atoms with van der Waals surface area (Å²) in [6.45, 7) is 0.428. The fourth-order valence-electron chi connectivity index (χ4n) is 3.65. The van der Waals surface area contributed by atoms with Gasteiger partial charge in [-0.15, -0.1) is 0 Å². The average Bonchev–Trinajstić information content (AvgIpc) is 3.33. The van der Waals surface area contributed by atoms with E-state index in [-0.39, 0.29) is 5.56 Å². The number of aromatic nitrogens is 4. The molecule has 7 heteroatoms. The van der Waals surface area contributed by atoms with E-state index in [4.69, 9.17) is 4.42 Å².